The summed E-state index contributed by atoms with van der Waals surface area (Å²) in [4.78, 5) is 15.4. The minimum atomic E-state index is -0.462. The summed E-state index contributed by atoms with van der Waals surface area (Å²) in [6.45, 7) is 26.7. The molecule has 9 aromatic rings. The SMILES string of the molecule is Cc1c(C)c(C)c2c(c1C)c1c(C)c(C)c(C)c(C)c1n2-c1ccc(-c2nc(-c3ccccc3)nc(-c3ccccc3)n2)cc1-c1cccc(-c2cccc(B3OC(C)(C)C(C)(C)O3)c2)c1. The second-order valence-corrected chi connectivity index (χ2v) is 19.3. The number of hydrogen-bond acceptors (Lipinski definition) is 5. The lowest BCUT2D eigenvalue weighted by Gasteiger charge is -2.32. The van der Waals surface area contributed by atoms with Crippen LogP contribution in [-0.2, 0) is 9.31 Å². The van der Waals surface area contributed by atoms with Gasteiger partial charge in [-0.2, -0.15) is 0 Å². The van der Waals surface area contributed by atoms with Crippen molar-refractivity contribution in [1.29, 1.82) is 0 Å². The van der Waals surface area contributed by atoms with Gasteiger partial charge in [0.1, 0.15) is 0 Å². The molecule has 1 aliphatic rings. The van der Waals surface area contributed by atoms with Crippen LogP contribution in [0.3, 0.4) is 0 Å². The molecule has 1 fully saturated rings. The first-order chi connectivity index (χ1) is 31.5. The van der Waals surface area contributed by atoms with E-state index in [1.54, 1.807) is 0 Å². The van der Waals surface area contributed by atoms with Gasteiger partial charge in [0.15, 0.2) is 17.5 Å². The van der Waals surface area contributed by atoms with Gasteiger partial charge in [-0.3, -0.25) is 0 Å². The highest BCUT2D eigenvalue weighted by atomic mass is 16.7. The second kappa shape index (κ2) is 16.0. The Labute approximate surface area is 389 Å². The van der Waals surface area contributed by atoms with Crippen molar-refractivity contribution in [3.63, 3.8) is 0 Å². The summed E-state index contributed by atoms with van der Waals surface area (Å²) in [6.07, 6.45) is 0. The van der Waals surface area contributed by atoms with Gasteiger partial charge in [-0.25, -0.2) is 15.0 Å². The number of aromatic nitrogens is 4. The third-order valence-electron chi connectivity index (χ3n) is 15.1. The molecule has 7 aromatic carbocycles. The smallest absolute Gasteiger partial charge is 0.399 e. The normalized spacial score (nSPS) is 14.5. The maximum atomic E-state index is 6.52. The third-order valence-corrected chi connectivity index (χ3v) is 15.1. The Morgan fingerprint density at radius 3 is 1.33 bits per heavy atom. The van der Waals surface area contributed by atoms with Crippen LogP contribution in [0.1, 0.15) is 72.2 Å². The molecule has 0 aliphatic carbocycles. The van der Waals surface area contributed by atoms with E-state index in [4.69, 9.17) is 24.3 Å². The number of hydrogen-bond donors (Lipinski definition) is 0. The van der Waals surface area contributed by atoms with Gasteiger partial charge in [0, 0.05) is 33.0 Å². The van der Waals surface area contributed by atoms with Gasteiger partial charge in [-0.1, -0.05) is 103 Å². The highest BCUT2D eigenvalue weighted by molar-refractivity contribution is 6.62. The predicted octanol–water partition coefficient (Wildman–Crippen LogP) is 14.1. The minimum Gasteiger partial charge on any atom is -0.399 e. The quantitative estimate of drug-likeness (QED) is 0.149. The third kappa shape index (κ3) is 6.99. The van der Waals surface area contributed by atoms with Gasteiger partial charge in [-0.05, 0) is 174 Å². The molecule has 10 rings (SSSR count). The molecule has 0 amide bonds. The Morgan fingerprint density at radius 2 is 0.818 bits per heavy atom. The molecule has 0 saturated carbocycles. The van der Waals surface area contributed by atoms with Crippen LogP contribution in [0.4, 0.5) is 0 Å². The number of aryl methyl sites for hydroxylation is 4. The molecule has 1 aliphatic heterocycles. The number of rotatable bonds is 7. The molecular formula is C59H57BN4O2. The summed E-state index contributed by atoms with van der Waals surface area (Å²) < 4.78 is 15.6. The summed E-state index contributed by atoms with van der Waals surface area (Å²) >= 11 is 0. The van der Waals surface area contributed by atoms with E-state index in [1.165, 1.54) is 66.3 Å². The van der Waals surface area contributed by atoms with Gasteiger partial charge in [0.2, 0.25) is 0 Å². The first-order valence-electron chi connectivity index (χ1n) is 23.1. The van der Waals surface area contributed by atoms with Gasteiger partial charge >= 0.3 is 7.12 Å². The van der Waals surface area contributed by atoms with Crippen LogP contribution in [-0.4, -0.2) is 37.8 Å². The number of nitrogens with zero attached hydrogens (tertiary/aromatic N) is 4. The lowest BCUT2D eigenvalue weighted by Crippen LogP contribution is -2.41. The van der Waals surface area contributed by atoms with Crippen molar-refractivity contribution < 1.29 is 9.31 Å². The molecule has 0 atom stereocenters. The Morgan fingerprint density at radius 1 is 0.394 bits per heavy atom. The van der Waals surface area contributed by atoms with Crippen LogP contribution in [0.2, 0.25) is 0 Å². The molecule has 7 heteroatoms. The second-order valence-electron chi connectivity index (χ2n) is 19.3. The zero-order chi connectivity index (χ0) is 46.4. The van der Waals surface area contributed by atoms with Gasteiger partial charge < -0.3 is 13.9 Å². The Bertz CT molecular complexity index is 3250. The van der Waals surface area contributed by atoms with Crippen LogP contribution >= 0.6 is 0 Å². The Balaban J connectivity index is 1.25. The van der Waals surface area contributed by atoms with E-state index in [0.717, 1.165) is 50.1 Å². The molecular weight excluding hydrogens is 807 g/mol. The van der Waals surface area contributed by atoms with E-state index in [0.29, 0.717) is 17.5 Å². The van der Waals surface area contributed by atoms with Crippen molar-refractivity contribution >= 4 is 34.4 Å². The molecule has 0 N–H and O–H groups in total. The molecule has 6 nitrogen and oxygen atoms in total. The molecule has 328 valence electrons. The molecule has 2 aromatic heterocycles. The molecule has 0 radical (unpaired) electrons. The summed E-state index contributed by atoms with van der Waals surface area (Å²) in [7, 11) is -0.462. The zero-order valence-electron chi connectivity index (χ0n) is 40.3. The maximum absolute atomic E-state index is 6.52. The van der Waals surface area contributed by atoms with Gasteiger partial charge in [0.05, 0.1) is 27.9 Å². The number of fused-ring (bicyclic) bond motifs is 3. The highest BCUT2D eigenvalue weighted by Crippen LogP contribution is 2.46. The van der Waals surface area contributed by atoms with E-state index in [-0.39, 0.29) is 0 Å². The molecule has 0 bridgehead atoms. The highest BCUT2D eigenvalue weighted by Gasteiger charge is 2.51. The van der Waals surface area contributed by atoms with E-state index in [9.17, 15) is 0 Å². The van der Waals surface area contributed by atoms with E-state index >= 15 is 0 Å². The fourth-order valence-corrected chi connectivity index (χ4v) is 9.86. The average Bonchev–Trinajstić information content (AvgIpc) is 3.81. The first kappa shape index (κ1) is 43.2. The van der Waals surface area contributed by atoms with Crippen molar-refractivity contribution in [2.75, 3.05) is 0 Å². The summed E-state index contributed by atoms with van der Waals surface area (Å²) in [5, 5.41) is 2.66. The standard InChI is InChI=1S/C59H57BN4O2/c1-34-36(3)40(7)53-51(38(34)5)52-39(6)35(2)37(4)41(8)54(52)64(53)50-30-29-47(57-62-55(42-21-15-13-16-22-42)61-56(63-57)43-23-17-14-18-24-43)33-49(50)46-27-19-25-44(31-46)45-26-20-28-48(32-45)60-65-58(9,10)59(11,12)66-60/h13-33H,1-12H3. The average molecular weight is 865 g/mol. The van der Waals surface area contributed by atoms with Crippen LogP contribution < -0.4 is 5.46 Å². The van der Waals surface area contributed by atoms with Crippen LogP contribution in [0.15, 0.2) is 127 Å². The molecule has 66 heavy (non-hydrogen) atoms. The minimum absolute atomic E-state index is 0.438. The van der Waals surface area contributed by atoms with Crippen molar-refractivity contribution in [2.45, 2.75) is 94.3 Å². The number of benzene rings is 7. The van der Waals surface area contributed by atoms with E-state index in [2.05, 4.69) is 179 Å². The predicted molar refractivity (Wildman–Crippen MR) is 275 cm³/mol. The van der Waals surface area contributed by atoms with Crippen LogP contribution in [0.25, 0.3) is 83.9 Å². The topological polar surface area (TPSA) is 62.1 Å². The van der Waals surface area contributed by atoms with Crippen molar-refractivity contribution in [1.82, 2.24) is 19.5 Å². The molecule has 1 saturated heterocycles. The van der Waals surface area contributed by atoms with E-state index in [1.807, 2.05) is 36.4 Å². The zero-order valence-corrected chi connectivity index (χ0v) is 40.3. The van der Waals surface area contributed by atoms with Crippen LogP contribution in [0.5, 0.6) is 0 Å². The van der Waals surface area contributed by atoms with Gasteiger partial charge in [-0.15, -0.1) is 0 Å². The lowest BCUT2D eigenvalue weighted by atomic mass is 9.78. The molecule has 0 unspecified atom stereocenters. The first-order valence-corrected chi connectivity index (χ1v) is 23.1. The fraction of sp³-hybridized carbons (Fsp3) is 0.237. The largest absolute Gasteiger partial charge is 0.494 e. The summed E-state index contributed by atoms with van der Waals surface area (Å²) in [6, 6.07) is 44.6. The van der Waals surface area contributed by atoms with Gasteiger partial charge in [0.25, 0.3) is 0 Å². The maximum Gasteiger partial charge on any atom is 0.494 e. The Kier molecular flexibility index (Phi) is 10.5. The van der Waals surface area contributed by atoms with E-state index < -0.39 is 18.3 Å². The summed E-state index contributed by atoms with van der Waals surface area (Å²) in [5.41, 5.74) is 21.4. The molecule has 3 heterocycles. The lowest BCUT2D eigenvalue weighted by molar-refractivity contribution is 0.00578. The monoisotopic (exact) mass is 864 g/mol. The fourth-order valence-electron chi connectivity index (χ4n) is 9.86. The Hall–Kier alpha value is -6.67. The van der Waals surface area contributed by atoms with Crippen LogP contribution in [0, 0.1) is 55.4 Å². The van der Waals surface area contributed by atoms with Crippen molar-refractivity contribution in [3.8, 4) is 62.1 Å². The molecule has 0 spiro atoms. The van der Waals surface area contributed by atoms with Crippen molar-refractivity contribution in [2.24, 2.45) is 0 Å². The summed E-state index contributed by atoms with van der Waals surface area (Å²) in [5.74, 6) is 1.87. The van der Waals surface area contributed by atoms with Crippen molar-refractivity contribution in [3.05, 3.63) is 172 Å².